The number of aryl methyl sites for hydroxylation is 1. The van der Waals surface area contributed by atoms with E-state index >= 15 is 0 Å². The molecule has 150 valence electrons. The van der Waals surface area contributed by atoms with Gasteiger partial charge in [0.05, 0.1) is 16.7 Å². The largest absolute Gasteiger partial charge is 0.338 e. The van der Waals surface area contributed by atoms with E-state index in [9.17, 15) is 9.59 Å². The minimum absolute atomic E-state index is 0.0211. The number of amides is 1. The van der Waals surface area contributed by atoms with Crippen LogP contribution >= 0.6 is 11.8 Å². The molecule has 0 aliphatic carbocycles. The first-order valence-electron chi connectivity index (χ1n) is 9.41. The lowest BCUT2D eigenvalue weighted by Gasteiger charge is -2.21. The molecule has 0 N–H and O–H groups in total. The first-order valence-corrected chi connectivity index (χ1v) is 10.4. The number of aromatic nitrogens is 3. The van der Waals surface area contributed by atoms with Gasteiger partial charge in [0, 0.05) is 19.3 Å². The lowest BCUT2D eigenvalue weighted by Crippen LogP contribution is -2.33. The van der Waals surface area contributed by atoms with E-state index < -0.39 is 0 Å². The Morgan fingerprint density at radius 1 is 1.24 bits per heavy atom. The summed E-state index contributed by atoms with van der Waals surface area (Å²) in [5.74, 6) is 0.685. The fraction of sp³-hybridized carbons (Fsp3) is 0.273. The number of hydrogen-bond donors (Lipinski definition) is 0. The molecule has 0 unspecified atom stereocenters. The molecule has 0 atom stereocenters. The molecule has 0 aliphatic rings. The van der Waals surface area contributed by atoms with Gasteiger partial charge in [-0.2, -0.15) is 0 Å². The highest BCUT2D eigenvalue weighted by Crippen LogP contribution is 2.22. The zero-order valence-corrected chi connectivity index (χ0v) is 17.7. The third-order valence-electron chi connectivity index (χ3n) is 4.46. The number of thioether (sulfide) groups is 1. The molecular weight excluding hydrogens is 384 g/mol. The van der Waals surface area contributed by atoms with E-state index in [4.69, 9.17) is 0 Å². The van der Waals surface area contributed by atoms with Crippen molar-refractivity contribution in [3.63, 3.8) is 0 Å². The van der Waals surface area contributed by atoms with Crippen molar-refractivity contribution in [1.82, 2.24) is 19.4 Å². The normalized spacial score (nSPS) is 10.9. The maximum atomic E-state index is 13.2. The van der Waals surface area contributed by atoms with Crippen LogP contribution in [-0.2, 0) is 4.79 Å². The molecule has 0 saturated heterocycles. The van der Waals surface area contributed by atoms with Crippen LogP contribution in [0, 0.1) is 6.92 Å². The maximum absolute atomic E-state index is 13.2. The van der Waals surface area contributed by atoms with Gasteiger partial charge in [-0.1, -0.05) is 42.1 Å². The Labute approximate surface area is 174 Å². The van der Waals surface area contributed by atoms with Gasteiger partial charge in [-0.05, 0) is 44.5 Å². The van der Waals surface area contributed by atoms with E-state index in [0.29, 0.717) is 35.0 Å². The van der Waals surface area contributed by atoms with Crippen LogP contribution in [0.3, 0.4) is 0 Å². The highest BCUT2D eigenvalue weighted by molar-refractivity contribution is 7.99. The fourth-order valence-electron chi connectivity index (χ4n) is 3.03. The highest BCUT2D eigenvalue weighted by Gasteiger charge is 2.18. The van der Waals surface area contributed by atoms with Gasteiger partial charge in [0.1, 0.15) is 5.82 Å². The van der Waals surface area contributed by atoms with Crippen molar-refractivity contribution in [2.75, 3.05) is 18.8 Å². The average molecular weight is 409 g/mol. The van der Waals surface area contributed by atoms with Crippen LogP contribution in [0.1, 0.15) is 19.4 Å². The summed E-state index contributed by atoms with van der Waals surface area (Å²) in [5, 5.41) is 0.973. The summed E-state index contributed by atoms with van der Waals surface area (Å²) >= 11 is 1.25. The second kappa shape index (κ2) is 9.05. The number of carbonyl (C=O) groups excluding carboxylic acids is 1. The van der Waals surface area contributed by atoms with Gasteiger partial charge in [-0.25, -0.2) is 14.5 Å². The number of hydrogen-bond acceptors (Lipinski definition) is 5. The van der Waals surface area contributed by atoms with Crippen molar-refractivity contribution in [2.24, 2.45) is 0 Å². The van der Waals surface area contributed by atoms with Crippen molar-refractivity contribution in [2.45, 2.75) is 25.9 Å². The summed E-state index contributed by atoms with van der Waals surface area (Å²) in [6.45, 7) is 10.7. The number of rotatable bonds is 7. The molecule has 0 saturated carbocycles. The van der Waals surface area contributed by atoms with Crippen LogP contribution in [0.25, 0.3) is 16.7 Å². The van der Waals surface area contributed by atoms with E-state index in [-0.39, 0.29) is 17.2 Å². The molecule has 2 aromatic heterocycles. The molecular formula is C22H24N4O2S. The minimum atomic E-state index is -0.193. The maximum Gasteiger partial charge on any atom is 0.267 e. The molecule has 1 aromatic carbocycles. The van der Waals surface area contributed by atoms with Gasteiger partial charge in [0.2, 0.25) is 5.91 Å². The number of benzene rings is 1. The first-order chi connectivity index (χ1) is 13.9. The average Bonchev–Trinajstić information content (AvgIpc) is 2.71. The number of pyridine rings is 1. The van der Waals surface area contributed by atoms with Crippen molar-refractivity contribution in [3.8, 4) is 5.82 Å². The van der Waals surface area contributed by atoms with Crippen molar-refractivity contribution < 1.29 is 4.79 Å². The molecule has 0 radical (unpaired) electrons. The Kier molecular flexibility index (Phi) is 6.49. The van der Waals surface area contributed by atoms with Gasteiger partial charge in [-0.15, -0.1) is 0 Å². The minimum Gasteiger partial charge on any atom is -0.338 e. The zero-order valence-electron chi connectivity index (χ0n) is 16.9. The van der Waals surface area contributed by atoms with Crippen LogP contribution in [0.5, 0.6) is 0 Å². The van der Waals surface area contributed by atoms with E-state index in [0.717, 1.165) is 11.1 Å². The van der Waals surface area contributed by atoms with E-state index in [1.807, 2.05) is 45.0 Å². The second-order valence-corrected chi connectivity index (χ2v) is 7.79. The lowest BCUT2D eigenvalue weighted by molar-refractivity contribution is -0.127. The number of para-hydroxylation sites is 1. The predicted molar refractivity (Wildman–Crippen MR) is 118 cm³/mol. The summed E-state index contributed by atoms with van der Waals surface area (Å²) in [6, 6.07) is 10.9. The summed E-state index contributed by atoms with van der Waals surface area (Å²) in [4.78, 5) is 36.7. The standard InChI is InChI=1S/C22H24N4O2S/c1-5-25(13-15(2)3)19(27)14-29-22-24-18-11-7-6-10-17(18)21(28)26(22)20-16(4)9-8-12-23-20/h6-12H,2,5,13-14H2,1,3-4H3. The zero-order chi connectivity index (χ0) is 21.0. The molecule has 0 fully saturated rings. The number of likely N-dealkylation sites (N-methyl/N-ethyl adjacent to an activating group) is 1. The molecule has 3 aromatic rings. The van der Waals surface area contributed by atoms with Gasteiger partial charge in [0.15, 0.2) is 5.16 Å². The topological polar surface area (TPSA) is 68.1 Å². The predicted octanol–water partition coefficient (Wildman–Crippen LogP) is 3.61. The Hall–Kier alpha value is -2.93. The fourth-order valence-corrected chi connectivity index (χ4v) is 3.92. The van der Waals surface area contributed by atoms with Gasteiger partial charge in [-0.3, -0.25) is 9.59 Å². The lowest BCUT2D eigenvalue weighted by atomic mass is 10.2. The van der Waals surface area contributed by atoms with Crippen LogP contribution in [0.2, 0.25) is 0 Å². The summed E-state index contributed by atoms with van der Waals surface area (Å²) in [5.41, 5.74) is 2.19. The number of nitrogens with zero attached hydrogens (tertiary/aromatic N) is 4. The van der Waals surface area contributed by atoms with E-state index in [1.165, 1.54) is 16.3 Å². The first kappa shape index (κ1) is 20.8. The summed E-state index contributed by atoms with van der Waals surface area (Å²) < 4.78 is 1.50. The molecule has 2 heterocycles. The van der Waals surface area contributed by atoms with Crippen molar-refractivity contribution >= 4 is 28.6 Å². The SMILES string of the molecule is C=C(C)CN(CC)C(=O)CSc1nc2ccccc2c(=O)n1-c1ncccc1C. The Bertz CT molecular complexity index is 1120. The third kappa shape index (κ3) is 4.56. The smallest absolute Gasteiger partial charge is 0.267 e. The molecule has 1 amide bonds. The molecule has 0 spiro atoms. The number of fused-ring (bicyclic) bond motifs is 1. The molecule has 7 heteroatoms. The van der Waals surface area contributed by atoms with Crippen molar-refractivity contribution in [1.29, 1.82) is 0 Å². The third-order valence-corrected chi connectivity index (χ3v) is 5.38. The second-order valence-electron chi connectivity index (χ2n) is 6.85. The summed E-state index contributed by atoms with van der Waals surface area (Å²) in [7, 11) is 0. The monoisotopic (exact) mass is 408 g/mol. The van der Waals surface area contributed by atoms with E-state index in [1.54, 1.807) is 23.2 Å². The molecule has 3 rings (SSSR count). The Morgan fingerprint density at radius 3 is 2.69 bits per heavy atom. The van der Waals surface area contributed by atoms with Crippen LogP contribution in [-0.4, -0.2) is 44.2 Å². The van der Waals surface area contributed by atoms with Gasteiger partial charge < -0.3 is 4.90 Å². The van der Waals surface area contributed by atoms with Crippen LogP contribution in [0.4, 0.5) is 0 Å². The van der Waals surface area contributed by atoms with Crippen molar-refractivity contribution in [3.05, 3.63) is 70.7 Å². The Morgan fingerprint density at radius 2 is 2.00 bits per heavy atom. The van der Waals surface area contributed by atoms with Gasteiger partial charge >= 0.3 is 0 Å². The summed E-state index contributed by atoms with van der Waals surface area (Å²) in [6.07, 6.45) is 1.65. The number of carbonyl (C=O) groups is 1. The molecule has 29 heavy (non-hydrogen) atoms. The van der Waals surface area contributed by atoms with Crippen LogP contribution in [0.15, 0.2) is 64.7 Å². The van der Waals surface area contributed by atoms with Gasteiger partial charge in [0.25, 0.3) is 5.56 Å². The highest BCUT2D eigenvalue weighted by atomic mass is 32.2. The quantitative estimate of drug-likeness (QED) is 0.339. The molecule has 0 aliphatic heterocycles. The van der Waals surface area contributed by atoms with E-state index in [2.05, 4.69) is 16.5 Å². The Balaban J connectivity index is 2.04. The molecule has 0 bridgehead atoms. The molecule has 6 nitrogen and oxygen atoms in total. The van der Waals surface area contributed by atoms with Crippen LogP contribution < -0.4 is 5.56 Å².